The summed E-state index contributed by atoms with van der Waals surface area (Å²) in [5.41, 5.74) is 0. The minimum Gasteiger partial charge on any atom is -0.480 e. The van der Waals surface area contributed by atoms with Gasteiger partial charge in [-0.3, -0.25) is 4.79 Å². The number of carbonyl (C=O) groups excluding carboxylic acids is 1. The summed E-state index contributed by atoms with van der Waals surface area (Å²) in [6.07, 6.45) is 5.21. The number of hydrogen-bond donors (Lipinski definition) is 1. The highest BCUT2D eigenvalue weighted by Gasteiger charge is 2.39. The molecule has 0 aromatic carbocycles. The molecule has 1 saturated heterocycles. The van der Waals surface area contributed by atoms with Gasteiger partial charge < -0.3 is 10.0 Å². The van der Waals surface area contributed by atoms with Gasteiger partial charge >= 0.3 is 5.97 Å². The van der Waals surface area contributed by atoms with Crippen molar-refractivity contribution in [3.05, 3.63) is 0 Å². The predicted molar refractivity (Wildman–Crippen MR) is 66.8 cm³/mol. The lowest BCUT2D eigenvalue weighted by Crippen LogP contribution is -2.45. The van der Waals surface area contributed by atoms with Gasteiger partial charge in [-0.2, -0.15) is 0 Å². The normalized spacial score (nSPS) is 29.8. The topological polar surface area (TPSA) is 57.6 Å². The molecule has 2 atom stereocenters. The fraction of sp³-hybridized carbons (Fsp3) is 0.833. The van der Waals surface area contributed by atoms with Crippen LogP contribution in [0.5, 0.6) is 0 Å². The first-order valence-electron chi connectivity index (χ1n) is 6.25. The van der Waals surface area contributed by atoms with Crippen LogP contribution in [0.3, 0.4) is 0 Å². The Morgan fingerprint density at radius 3 is 2.59 bits per heavy atom. The van der Waals surface area contributed by atoms with Crippen LogP contribution < -0.4 is 0 Å². The van der Waals surface area contributed by atoms with Crippen molar-refractivity contribution < 1.29 is 14.7 Å². The second-order valence-electron chi connectivity index (χ2n) is 4.94. The average Bonchev–Trinajstić information content (AvgIpc) is 2.86. The van der Waals surface area contributed by atoms with Crippen LogP contribution in [0.4, 0.5) is 0 Å². The van der Waals surface area contributed by atoms with E-state index in [1.165, 1.54) is 12.8 Å². The molecule has 17 heavy (non-hydrogen) atoms. The Balaban J connectivity index is 1.98. The SMILES string of the molecule is CC1SCC(C(=O)O)N1C(=O)CC1CCCC1. The lowest BCUT2D eigenvalue weighted by Gasteiger charge is -2.26. The Hall–Kier alpha value is -0.710. The van der Waals surface area contributed by atoms with Crippen molar-refractivity contribution >= 4 is 23.6 Å². The number of thioether (sulfide) groups is 1. The molecule has 1 saturated carbocycles. The summed E-state index contributed by atoms with van der Waals surface area (Å²) in [4.78, 5) is 24.8. The molecule has 1 amide bonds. The summed E-state index contributed by atoms with van der Waals surface area (Å²) in [5.74, 6) is 0.158. The van der Waals surface area contributed by atoms with E-state index in [4.69, 9.17) is 5.11 Å². The predicted octanol–water partition coefficient (Wildman–Crippen LogP) is 1.94. The van der Waals surface area contributed by atoms with Gasteiger partial charge in [0.15, 0.2) is 0 Å². The summed E-state index contributed by atoms with van der Waals surface area (Å²) in [7, 11) is 0. The van der Waals surface area contributed by atoms with E-state index in [2.05, 4.69) is 0 Å². The summed E-state index contributed by atoms with van der Waals surface area (Å²) in [5, 5.41) is 9.11. The first-order valence-corrected chi connectivity index (χ1v) is 7.30. The number of nitrogens with zero attached hydrogens (tertiary/aromatic N) is 1. The number of rotatable bonds is 3. The van der Waals surface area contributed by atoms with Gasteiger partial charge in [0.05, 0.1) is 5.37 Å². The van der Waals surface area contributed by atoms with Crippen molar-refractivity contribution in [2.75, 3.05) is 5.75 Å². The van der Waals surface area contributed by atoms with Crippen LogP contribution in [0.25, 0.3) is 0 Å². The second kappa shape index (κ2) is 5.29. The molecule has 4 nitrogen and oxygen atoms in total. The van der Waals surface area contributed by atoms with E-state index in [1.54, 1.807) is 16.7 Å². The monoisotopic (exact) mass is 257 g/mol. The molecule has 5 heteroatoms. The number of hydrogen-bond acceptors (Lipinski definition) is 3. The van der Waals surface area contributed by atoms with Crippen LogP contribution in [0, 0.1) is 5.92 Å². The quantitative estimate of drug-likeness (QED) is 0.839. The number of carboxylic acids is 1. The van der Waals surface area contributed by atoms with E-state index in [0.717, 1.165) is 12.8 Å². The number of carboxylic acid groups (broad SMARTS) is 1. The van der Waals surface area contributed by atoms with Crippen molar-refractivity contribution in [3.63, 3.8) is 0 Å². The minimum atomic E-state index is -0.873. The van der Waals surface area contributed by atoms with Gasteiger partial charge in [-0.15, -0.1) is 11.8 Å². The molecule has 2 unspecified atom stereocenters. The maximum atomic E-state index is 12.2. The molecule has 2 fully saturated rings. The zero-order valence-corrected chi connectivity index (χ0v) is 10.9. The lowest BCUT2D eigenvalue weighted by atomic mass is 10.0. The smallest absolute Gasteiger partial charge is 0.327 e. The number of carbonyl (C=O) groups is 2. The molecule has 2 rings (SSSR count). The van der Waals surface area contributed by atoms with Gasteiger partial charge in [-0.1, -0.05) is 12.8 Å². The van der Waals surface area contributed by atoms with Gasteiger partial charge in [0.1, 0.15) is 6.04 Å². The molecular formula is C12H19NO3S. The van der Waals surface area contributed by atoms with Crippen LogP contribution in [0.2, 0.25) is 0 Å². The molecule has 0 aromatic rings. The Labute approximate surface area is 106 Å². The van der Waals surface area contributed by atoms with Crippen molar-refractivity contribution in [1.82, 2.24) is 4.90 Å². The van der Waals surface area contributed by atoms with E-state index >= 15 is 0 Å². The van der Waals surface area contributed by atoms with Gasteiger partial charge in [-0.05, 0) is 25.7 Å². The molecule has 0 spiro atoms. The van der Waals surface area contributed by atoms with E-state index in [-0.39, 0.29) is 11.3 Å². The third kappa shape index (κ3) is 2.76. The largest absolute Gasteiger partial charge is 0.480 e. The van der Waals surface area contributed by atoms with Crippen molar-refractivity contribution in [1.29, 1.82) is 0 Å². The van der Waals surface area contributed by atoms with Crippen LogP contribution in [-0.2, 0) is 9.59 Å². The van der Waals surface area contributed by atoms with E-state index in [0.29, 0.717) is 18.1 Å². The molecule has 1 heterocycles. The van der Waals surface area contributed by atoms with Crippen LogP contribution >= 0.6 is 11.8 Å². The Morgan fingerprint density at radius 2 is 2.00 bits per heavy atom. The first-order chi connectivity index (χ1) is 8.09. The summed E-state index contributed by atoms with van der Waals surface area (Å²) < 4.78 is 0. The highest BCUT2D eigenvalue weighted by atomic mass is 32.2. The third-order valence-electron chi connectivity index (χ3n) is 3.73. The molecule has 0 radical (unpaired) electrons. The van der Waals surface area contributed by atoms with Gasteiger partial charge in [0, 0.05) is 12.2 Å². The highest BCUT2D eigenvalue weighted by molar-refractivity contribution is 8.00. The molecule has 0 aromatic heterocycles. The van der Waals surface area contributed by atoms with Crippen molar-refractivity contribution in [2.45, 2.75) is 50.4 Å². The fourth-order valence-electron chi connectivity index (χ4n) is 2.78. The first kappa shape index (κ1) is 12.7. The molecule has 1 aliphatic carbocycles. The molecule has 96 valence electrons. The molecule has 0 bridgehead atoms. The molecular weight excluding hydrogens is 238 g/mol. The van der Waals surface area contributed by atoms with E-state index in [9.17, 15) is 9.59 Å². The maximum absolute atomic E-state index is 12.2. The number of amides is 1. The van der Waals surface area contributed by atoms with Crippen LogP contribution in [0.1, 0.15) is 39.0 Å². The molecule has 1 aliphatic heterocycles. The van der Waals surface area contributed by atoms with E-state index < -0.39 is 12.0 Å². The fourth-order valence-corrected chi connectivity index (χ4v) is 3.97. The van der Waals surface area contributed by atoms with Gasteiger partial charge in [0.2, 0.25) is 5.91 Å². The third-order valence-corrected chi connectivity index (χ3v) is 4.95. The van der Waals surface area contributed by atoms with Crippen LogP contribution in [-0.4, -0.2) is 39.1 Å². The molecule has 1 N–H and O–H groups in total. The Morgan fingerprint density at radius 1 is 1.35 bits per heavy atom. The van der Waals surface area contributed by atoms with Gasteiger partial charge in [0.25, 0.3) is 0 Å². The summed E-state index contributed by atoms with van der Waals surface area (Å²) in [6.45, 7) is 1.92. The molecule has 2 aliphatic rings. The van der Waals surface area contributed by atoms with Crippen molar-refractivity contribution in [2.24, 2.45) is 5.92 Å². The van der Waals surface area contributed by atoms with E-state index in [1.807, 2.05) is 6.92 Å². The standard InChI is InChI=1S/C12H19NO3S/c1-8-13(10(7-17-8)12(15)16)11(14)6-9-4-2-3-5-9/h8-10H,2-7H2,1H3,(H,15,16). The highest BCUT2D eigenvalue weighted by Crippen LogP contribution is 2.33. The lowest BCUT2D eigenvalue weighted by molar-refractivity contribution is -0.149. The van der Waals surface area contributed by atoms with Gasteiger partial charge in [-0.25, -0.2) is 4.79 Å². The Kier molecular flexibility index (Phi) is 3.97. The Bertz CT molecular complexity index is 315. The summed E-state index contributed by atoms with van der Waals surface area (Å²) in [6, 6.07) is -0.621. The minimum absolute atomic E-state index is 0.00463. The zero-order valence-electron chi connectivity index (χ0n) is 10.1. The maximum Gasteiger partial charge on any atom is 0.327 e. The zero-order chi connectivity index (χ0) is 12.4. The van der Waals surface area contributed by atoms with Crippen LogP contribution in [0.15, 0.2) is 0 Å². The second-order valence-corrected chi connectivity index (χ2v) is 6.29. The number of aliphatic carboxylic acids is 1. The average molecular weight is 257 g/mol. The summed E-state index contributed by atoms with van der Waals surface area (Å²) >= 11 is 1.55. The van der Waals surface area contributed by atoms with Crippen molar-refractivity contribution in [3.8, 4) is 0 Å².